The van der Waals surface area contributed by atoms with Crippen LogP contribution in [0, 0.1) is 40.4 Å². The number of carbonyl (C=O) groups excluding carboxylic acids is 1. The van der Waals surface area contributed by atoms with Crippen molar-refractivity contribution in [3.63, 3.8) is 0 Å². The summed E-state index contributed by atoms with van der Waals surface area (Å²) in [7, 11) is 0. The van der Waals surface area contributed by atoms with E-state index in [1.165, 1.54) is 64.0 Å². The van der Waals surface area contributed by atoms with Gasteiger partial charge >= 0.3 is 5.97 Å². The minimum atomic E-state index is -0.371. The van der Waals surface area contributed by atoms with Gasteiger partial charge in [0.2, 0.25) is 0 Å². The largest absolute Gasteiger partial charge is 0.463 e. The highest BCUT2D eigenvalue weighted by Gasteiger charge is 2.59. The van der Waals surface area contributed by atoms with Gasteiger partial charge < -0.3 is 19.0 Å². The molecule has 6 heteroatoms. The molecule has 0 bridgehead atoms. The van der Waals surface area contributed by atoms with E-state index in [2.05, 4.69) is 51.9 Å². The van der Waals surface area contributed by atoms with Gasteiger partial charge in [0, 0.05) is 18.8 Å². The second-order valence-corrected chi connectivity index (χ2v) is 14.3. The molecule has 0 aromatic heterocycles. The summed E-state index contributed by atoms with van der Waals surface area (Å²) in [5, 5.41) is 4.63. The van der Waals surface area contributed by atoms with Crippen molar-refractivity contribution in [2.24, 2.45) is 45.6 Å². The Morgan fingerprint density at radius 2 is 1.90 bits per heavy atom. The second-order valence-electron chi connectivity index (χ2n) is 14.3. The van der Waals surface area contributed by atoms with Crippen molar-refractivity contribution >= 4 is 11.7 Å². The predicted molar refractivity (Wildman–Crippen MR) is 162 cm³/mol. The Kier molecular flexibility index (Phi) is 9.70. The normalized spacial score (nSPS) is 42.1. The van der Waals surface area contributed by atoms with Gasteiger partial charge in [0.15, 0.2) is 6.29 Å². The average molecular weight is 570 g/mol. The molecule has 0 N–H and O–H groups in total. The van der Waals surface area contributed by atoms with E-state index in [1.807, 2.05) is 6.08 Å². The quantitative estimate of drug-likeness (QED) is 0.0876. The van der Waals surface area contributed by atoms with Crippen LogP contribution in [0.5, 0.6) is 0 Å². The molecule has 4 unspecified atom stereocenters. The minimum absolute atomic E-state index is 0.162. The zero-order valence-corrected chi connectivity index (χ0v) is 26.5. The van der Waals surface area contributed by atoms with Crippen LogP contribution < -0.4 is 0 Å². The molecule has 0 spiro atoms. The van der Waals surface area contributed by atoms with Crippen LogP contribution in [0.3, 0.4) is 0 Å². The highest BCUT2D eigenvalue weighted by Crippen LogP contribution is 2.66. The van der Waals surface area contributed by atoms with Gasteiger partial charge in [-0.05, 0) is 99.4 Å². The van der Waals surface area contributed by atoms with Crippen molar-refractivity contribution in [2.45, 2.75) is 131 Å². The van der Waals surface area contributed by atoms with Gasteiger partial charge in [-0.2, -0.15) is 0 Å². The number of oxime groups is 1. The summed E-state index contributed by atoms with van der Waals surface area (Å²) in [5.41, 5.74) is 3.47. The summed E-state index contributed by atoms with van der Waals surface area (Å²) >= 11 is 0. The Labute approximate surface area is 248 Å². The number of unbranched alkanes of at least 4 members (excludes halogenated alkanes) is 2. The van der Waals surface area contributed by atoms with Crippen LogP contribution in [0.15, 0.2) is 29.0 Å². The molecule has 230 valence electrons. The third kappa shape index (κ3) is 6.34. The first-order chi connectivity index (χ1) is 19.7. The van der Waals surface area contributed by atoms with Crippen LogP contribution in [-0.4, -0.2) is 43.4 Å². The van der Waals surface area contributed by atoms with Crippen LogP contribution in [0.2, 0.25) is 0 Å². The van der Waals surface area contributed by atoms with E-state index in [4.69, 9.17) is 19.0 Å². The molecule has 0 amide bonds. The highest BCUT2D eigenvalue weighted by atomic mass is 16.7. The number of hydrogen-bond donors (Lipinski definition) is 0. The molecule has 41 heavy (non-hydrogen) atoms. The van der Waals surface area contributed by atoms with E-state index in [1.54, 1.807) is 5.57 Å². The fourth-order valence-corrected chi connectivity index (χ4v) is 9.45. The molecule has 1 heterocycles. The van der Waals surface area contributed by atoms with Crippen molar-refractivity contribution in [2.75, 3.05) is 13.2 Å². The number of carbonyl (C=O) groups is 1. The molecule has 1 aliphatic heterocycles. The molecular formula is C35H55NO5. The number of esters is 1. The first kappa shape index (κ1) is 30.8. The van der Waals surface area contributed by atoms with E-state index in [0.29, 0.717) is 11.3 Å². The average Bonchev–Trinajstić information content (AvgIpc) is 3.30. The van der Waals surface area contributed by atoms with E-state index < -0.39 is 0 Å². The Balaban J connectivity index is 1.20. The summed E-state index contributed by atoms with van der Waals surface area (Å²) < 4.78 is 18.0. The zero-order chi connectivity index (χ0) is 29.2. The fraction of sp³-hybridized carbons (Fsp3) is 0.829. The Morgan fingerprint density at radius 1 is 1.07 bits per heavy atom. The van der Waals surface area contributed by atoms with Gasteiger partial charge in [-0.3, -0.25) is 4.79 Å². The predicted octanol–water partition coefficient (Wildman–Crippen LogP) is 8.01. The van der Waals surface area contributed by atoms with Crippen molar-refractivity contribution in [3.05, 3.63) is 23.8 Å². The first-order valence-electron chi connectivity index (χ1n) is 16.6. The summed E-state index contributed by atoms with van der Waals surface area (Å²) in [6.07, 6.45) is 19.6. The van der Waals surface area contributed by atoms with Gasteiger partial charge in [-0.1, -0.05) is 63.4 Å². The van der Waals surface area contributed by atoms with E-state index in [-0.39, 0.29) is 42.4 Å². The molecule has 3 fully saturated rings. The van der Waals surface area contributed by atoms with Crippen molar-refractivity contribution < 1.29 is 23.8 Å². The van der Waals surface area contributed by atoms with Crippen LogP contribution in [0.25, 0.3) is 0 Å². The Morgan fingerprint density at radius 3 is 2.68 bits per heavy atom. The molecule has 4 aliphatic carbocycles. The molecule has 10 atom stereocenters. The zero-order valence-electron chi connectivity index (χ0n) is 26.5. The topological polar surface area (TPSA) is 66.3 Å². The number of nitrogens with zero attached hydrogens (tertiary/aromatic N) is 1. The van der Waals surface area contributed by atoms with Gasteiger partial charge in [0.1, 0.15) is 19.3 Å². The number of rotatable bonds is 10. The van der Waals surface area contributed by atoms with Crippen LogP contribution >= 0.6 is 0 Å². The number of fused-ring (bicyclic) bond motifs is 5. The molecule has 5 rings (SSSR count). The van der Waals surface area contributed by atoms with Crippen LogP contribution in [0.1, 0.15) is 112 Å². The van der Waals surface area contributed by atoms with Crippen LogP contribution in [-0.2, 0) is 23.8 Å². The molecular weight excluding hydrogens is 514 g/mol. The van der Waals surface area contributed by atoms with Gasteiger partial charge in [0.25, 0.3) is 0 Å². The summed E-state index contributed by atoms with van der Waals surface area (Å²) in [4.78, 5) is 17.1. The van der Waals surface area contributed by atoms with Crippen molar-refractivity contribution in [1.29, 1.82) is 0 Å². The standard InChI is InChI=1S/C35H55NO5/c1-7-8-9-20-39-36-24(3)29-13-14-30-28-12-11-26-21-27(16-18-34(26,5)31(28)17-19-35(29,30)6)40-33-15-10-23(2)32(41-33)22-38-25(4)37/h10-11,15,23,27-33H,7-9,12-14,16-22H2,1-6H3/b36-24+/t23-,27-,28?,29+,30?,31?,32+,33?,34-,35+/m0/s1. The molecule has 5 aliphatic rings. The number of hydrogen-bond acceptors (Lipinski definition) is 6. The first-order valence-corrected chi connectivity index (χ1v) is 16.6. The van der Waals surface area contributed by atoms with E-state index in [9.17, 15) is 4.79 Å². The van der Waals surface area contributed by atoms with Crippen molar-refractivity contribution in [3.8, 4) is 0 Å². The minimum Gasteiger partial charge on any atom is -0.463 e. The third-order valence-corrected chi connectivity index (χ3v) is 11.9. The second kappa shape index (κ2) is 12.9. The number of allylic oxidation sites excluding steroid dienone is 1. The van der Waals surface area contributed by atoms with Crippen molar-refractivity contribution in [1.82, 2.24) is 0 Å². The highest BCUT2D eigenvalue weighted by molar-refractivity contribution is 5.85. The molecule has 0 aromatic rings. The lowest BCUT2D eigenvalue weighted by Crippen LogP contribution is -2.51. The Hall–Kier alpha value is -1.66. The third-order valence-electron chi connectivity index (χ3n) is 11.9. The lowest BCUT2D eigenvalue weighted by Gasteiger charge is -2.58. The van der Waals surface area contributed by atoms with Gasteiger partial charge in [0.05, 0.1) is 11.8 Å². The smallest absolute Gasteiger partial charge is 0.302 e. The summed E-state index contributed by atoms with van der Waals surface area (Å²) in [6.45, 7) is 14.1. The van der Waals surface area contributed by atoms with Gasteiger partial charge in [-0.15, -0.1) is 0 Å². The molecule has 0 radical (unpaired) electrons. The monoisotopic (exact) mass is 569 g/mol. The maximum Gasteiger partial charge on any atom is 0.302 e. The number of ether oxygens (including phenoxy) is 3. The lowest BCUT2D eigenvalue weighted by atomic mass is 9.47. The van der Waals surface area contributed by atoms with E-state index in [0.717, 1.165) is 43.6 Å². The maximum absolute atomic E-state index is 11.3. The maximum atomic E-state index is 11.3. The summed E-state index contributed by atoms with van der Waals surface area (Å²) in [6, 6.07) is 0. The van der Waals surface area contributed by atoms with E-state index >= 15 is 0 Å². The Bertz CT molecular complexity index is 1020. The SMILES string of the molecule is CCCCCO/N=C(\C)[C@H]1CCC2C3CC=C4C[C@@H](OC5C=C[C@H](C)[C@@H](COC(C)=O)O5)CC[C@]4(C)C3CC[C@@]21C. The molecule has 0 aromatic carbocycles. The van der Waals surface area contributed by atoms with Gasteiger partial charge in [-0.25, -0.2) is 0 Å². The lowest BCUT2D eigenvalue weighted by molar-refractivity contribution is -0.199. The fourth-order valence-electron chi connectivity index (χ4n) is 9.45. The van der Waals surface area contributed by atoms with Crippen LogP contribution in [0.4, 0.5) is 0 Å². The molecule has 6 nitrogen and oxygen atoms in total. The molecule has 0 saturated heterocycles. The summed E-state index contributed by atoms with van der Waals surface area (Å²) in [5.74, 6) is 2.80. The molecule has 3 saturated carbocycles.